The van der Waals surface area contributed by atoms with Crippen LogP contribution in [0.15, 0.2) is 60.7 Å². The summed E-state index contributed by atoms with van der Waals surface area (Å²) in [5, 5.41) is 4.00. The number of carbonyl (C=O) groups is 2. The van der Waals surface area contributed by atoms with Crippen molar-refractivity contribution < 1.29 is 27.5 Å². The van der Waals surface area contributed by atoms with Crippen LogP contribution in [0.5, 0.6) is 0 Å². The molecule has 0 saturated carbocycles. The highest BCUT2D eigenvalue weighted by atomic mass is 31.1. The number of halogens is 3. The van der Waals surface area contributed by atoms with Crippen LogP contribution in [-0.4, -0.2) is 49.7 Å². The molecule has 2 unspecified atom stereocenters. The lowest BCUT2D eigenvalue weighted by Gasteiger charge is -2.37. The summed E-state index contributed by atoms with van der Waals surface area (Å²) in [5.74, 6) is 0.108. The molecule has 2 aliphatic rings. The van der Waals surface area contributed by atoms with Crippen molar-refractivity contribution in [1.29, 1.82) is 0 Å². The fourth-order valence-electron chi connectivity index (χ4n) is 5.61. The number of hydrogen-bond donors (Lipinski definition) is 2. The predicted molar refractivity (Wildman–Crippen MR) is 159 cm³/mol. The molecule has 6 nitrogen and oxygen atoms in total. The third-order valence-corrected chi connectivity index (χ3v) is 9.66. The Kier molecular flexibility index (Phi) is 9.02. The predicted octanol–water partition coefficient (Wildman–Crippen LogP) is 5.57. The maximum absolute atomic E-state index is 13.3. The molecule has 0 radical (unpaired) electrons. The Hall–Kier alpha value is -3.26. The number of amides is 2. The van der Waals surface area contributed by atoms with E-state index in [0.717, 1.165) is 48.0 Å². The van der Waals surface area contributed by atoms with Gasteiger partial charge in [-0.25, -0.2) is 0 Å². The highest BCUT2D eigenvalue weighted by molar-refractivity contribution is 7.63. The van der Waals surface area contributed by atoms with E-state index in [1.54, 1.807) is 12.1 Å². The second kappa shape index (κ2) is 12.5. The molecule has 3 aromatic carbocycles. The molecule has 2 saturated heterocycles. The molecule has 2 heterocycles. The largest absolute Gasteiger partial charge is 0.416 e. The number of nitrogens with one attached hydrogen (secondary N) is 1. The third kappa shape index (κ3) is 6.69. The number of nitrogens with two attached hydrogens (primary N) is 1. The molecule has 10 heteroatoms. The molecule has 0 aromatic heterocycles. The Morgan fingerprint density at radius 2 is 1.81 bits per heavy atom. The van der Waals surface area contributed by atoms with Crippen LogP contribution in [0.3, 0.4) is 0 Å². The molecular formula is C32H35F3N3O3P. The number of nitrogens with zero attached hydrogens (tertiary/aromatic N) is 1. The van der Waals surface area contributed by atoms with Gasteiger partial charge in [-0.05, 0) is 78.3 Å². The quantitative estimate of drug-likeness (QED) is 0.349. The van der Waals surface area contributed by atoms with E-state index in [1.807, 2.05) is 42.8 Å². The molecule has 2 fully saturated rings. The van der Waals surface area contributed by atoms with Gasteiger partial charge in [0.1, 0.15) is 0 Å². The zero-order chi connectivity index (χ0) is 30.0. The van der Waals surface area contributed by atoms with Gasteiger partial charge in [0.2, 0.25) is 5.91 Å². The van der Waals surface area contributed by atoms with Crippen molar-refractivity contribution in [3.63, 3.8) is 0 Å². The van der Waals surface area contributed by atoms with Crippen LogP contribution in [-0.2, 0) is 22.3 Å². The second-order valence-electron chi connectivity index (χ2n) is 11.1. The van der Waals surface area contributed by atoms with Gasteiger partial charge in [0.15, 0.2) is 0 Å². The van der Waals surface area contributed by atoms with Gasteiger partial charge in [0.05, 0.1) is 24.7 Å². The number of piperidine rings is 1. The first-order valence-corrected chi connectivity index (χ1v) is 15.9. The van der Waals surface area contributed by atoms with E-state index in [9.17, 15) is 22.8 Å². The Morgan fingerprint density at radius 1 is 1.07 bits per heavy atom. The van der Waals surface area contributed by atoms with E-state index >= 15 is 0 Å². The summed E-state index contributed by atoms with van der Waals surface area (Å²) in [6.45, 7) is 6.41. The Morgan fingerprint density at radius 3 is 2.45 bits per heavy atom. The Labute approximate surface area is 245 Å². The van der Waals surface area contributed by atoms with Crippen LogP contribution in [0.4, 0.5) is 13.2 Å². The van der Waals surface area contributed by atoms with Crippen molar-refractivity contribution in [2.24, 2.45) is 11.7 Å². The summed E-state index contributed by atoms with van der Waals surface area (Å²) in [7, 11) is -1.08. The maximum Gasteiger partial charge on any atom is 0.416 e. The number of carbonyl (C=O) groups excluding carboxylic acids is 2. The first-order chi connectivity index (χ1) is 20.0. The zero-order valence-corrected chi connectivity index (χ0v) is 24.6. The number of likely N-dealkylation sites (tertiary alicyclic amines) is 1. The average molecular weight is 598 g/mol. The average Bonchev–Trinajstić information content (AvgIpc) is 2.95. The minimum absolute atomic E-state index is 0.0340. The van der Waals surface area contributed by atoms with E-state index in [1.165, 1.54) is 6.07 Å². The molecule has 0 aliphatic carbocycles. The van der Waals surface area contributed by atoms with Gasteiger partial charge in [-0.15, -0.1) is 0 Å². The van der Waals surface area contributed by atoms with Crippen LogP contribution in [0.2, 0.25) is 0 Å². The standard InChI is InChI=1S/C32H35F3N3O3P/c1-20-12-24(23-4-3-11-38(17-23)31(40)26-18-41-19-26)14-25(13-20)30(39)37-42(2)28-9-6-21(7-10-28)29-15-27(32(33,34)35)8-5-22(29)16-36/h5-10,12-15,23,26H,3-4,11,16-19,36H2,1-2H3,(H,37,39). The number of alkyl halides is 3. The first kappa shape index (κ1) is 30.2. The van der Waals surface area contributed by atoms with E-state index in [-0.39, 0.29) is 30.2 Å². The molecule has 42 heavy (non-hydrogen) atoms. The van der Waals surface area contributed by atoms with Gasteiger partial charge in [0, 0.05) is 39.2 Å². The molecule has 0 bridgehead atoms. The SMILES string of the molecule is Cc1cc(C(=O)NP(C)c2ccc(-c3cc(C(F)(F)F)ccc3CN)cc2)cc(C2CCCN(C(=O)C3COC3)C2)c1. The molecule has 2 atom stereocenters. The molecular weight excluding hydrogens is 562 g/mol. The smallest absolute Gasteiger partial charge is 0.380 e. The zero-order valence-electron chi connectivity index (χ0n) is 23.7. The maximum atomic E-state index is 13.3. The van der Waals surface area contributed by atoms with Crippen molar-refractivity contribution in [3.8, 4) is 11.1 Å². The van der Waals surface area contributed by atoms with Gasteiger partial charge in [-0.3, -0.25) is 9.59 Å². The van der Waals surface area contributed by atoms with E-state index < -0.39 is 19.8 Å². The fraction of sp³-hybridized carbons (Fsp3) is 0.375. The third-order valence-electron chi connectivity index (χ3n) is 8.05. The molecule has 222 valence electrons. The van der Waals surface area contributed by atoms with E-state index in [0.29, 0.717) is 42.0 Å². The van der Waals surface area contributed by atoms with Gasteiger partial charge < -0.3 is 20.5 Å². The lowest BCUT2D eigenvalue weighted by Crippen LogP contribution is -2.48. The lowest BCUT2D eigenvalue weighted by molar-refractivity contribution is -0.151. The van der Waals surface area contributed by atoms with Crippen molar-refractivity contribution in [3.05, 3.63) is 88.5 Å². The molecule has 0 spiro atoms. The molecule has 3 N–H and O–H groups in total. The second-order valence-corrected chi connectivity index (χ2v) is 13.0. The number of benzene rings is 3. The van der Waals surface area contributed by atoms with Crippen LogP contribution in [0.25, 0.3) is 11.1 Å². The highest BCUT2D eigenvalue weighted by Crippen LogP contribution is 2.35. The summed E-state index contributed by atoms with van der Waals surface area (Å²) >= 11 is 0. The summed E-state index contributed by atoms with van der Waals surface area (Å²) in [5.41, 5.74) is 9.39. The number of aryl methyl sites for hydroxylation is 1. The Balaban J connectivity index is 1.28. The number of ether oxygens (including phenoxy) is 1. The van der Waals surface area contributed by atoms with Crippen LogP contribution >= 0.6 is 8.07 Å². The van der Waals surface area contributed by atoms with Crippen molar-refractivity contribution >= 4 is 25.2 Å². The lowest BCUT2D eigenvalue weighted by atomic mass is 9.88. The van der Waals surface area contributed by atoms with Gasteiger partial charge in [0.25, 0.3) is 5.91 Å². The van der Waals surface area contributed by atoms with Crippen LogP contribution in [0, 0.1) is 12.8 Å². The van der Waals surface area contributed by atoms with Crippen molar-refractivity contribution in [1.82, 2.24) is 9.99 Å². The summed E-state index contributed by atoms with van der Waals surface area (Å²) in [6.07, 6.45) is -2.57. The van der Waals surface area contributed by atoms with Crippen LogP contribution in [0.1, 0.15) is 51.4 Å². The number of rotatable bonds is 7. The normalized spacial score (nSPS) is 18.3. The summed E-state index contributed by atoms with van der Waals surface area (Å²) < 4.78 is 45.1. The van der Waals surface area contributed by atoms with E-state index in [2.05, 4.69) is 11.2 Å². The molecule has 3 aromatic rings. The highest BCUT2D eigenvalue weighted by Gasteiger charge is 2.34. The van der Waals surface area contributed by atoms with E-state index in [4.69, 9.17) is 10.5 Å². The minimum Gasteiger partial charge on any atom is -0.380 e. The van der Waals surface area contributed by atoms with Crippen molar-refractivity contribution in [2.75, 3.05) is 33.0 Å². The summed E-state index contributed by atoms with van der Waals surface area (Å²) in [6, 6.07) is 16.7. The Bertz CT molecular complexity index is 1460. The fourth-order valence-corrected chi connectivity index (χ4v) is 6.77. The molecule has 2 aliphatic heterocycles. The molecule has 5 rings (SSSR count). The monoisotopic (exact) mass is 597 g/mol. The first-order valence-electron chi connectivity index (χ1n) is 14.1. The number of hydrogen-bond acceptors (Lipinski definition) is 4. The van der Waals surface area contributed by atoms with Crippen LogP contribution < -0.4 is 16.1 Å². The van der Waals surface area contributed by atoms with Gasteiger partial charge in [-0.2, -0.15) is 13.2 Å². The van der Waals surface area contributed by atoms with Gasteiger partial charge in [-0.1, -0.05) is 42.0 Å². The minimum atomic E-state index is -4.45. The topological polar surface area (TPSA) is 84.7 Å². The molecule has 2 amide bonds. The van der Waals surface area contributed by atoms with Gasteiger partial charge >= 0.3 is 6.18 Å². The van der Waals surface area contributed by atoms with Crippen molar-refractivity contribution in [2.45, 2.75) is 38.4 Å². The summed E-state index contributed by atoms with van der Waals surface area (Å²) in [4.78, 5) is 28.0.